The van der Waals surface area contributed by atoms with E-state index in [1.807, 2.05) is 28.9 Å². The summed E-state index contributed by atoms with van der Waals surface area (Å²) in [5.74, 6) is 0. The van der Waals surface area contributed by atoms with Gasteiger partial charge in [-0.15, -0.1) is 0 Å². The number of rotatable bonds is 2. The maximum Gasteiger partial charge on any atom is 0.136 e. The Balaban J connectivity index is 1.28. The van der Waals surface area contributed by atoms with Crippen LogP contribution in [0.15, 0.2) is 132 Å². The molecular weight excluding hydrogens is 478 g/mol. The minimum absolute atomic E-state index is 0.918. The van der Waals surface area contributed by atoms with Gasteiger partial charge >= 0.3 is 0 Å². The summed E-state index contributed by atoms with van der Waals surface area (Å²) in [7, 11) is 0. The molecule has 0 aliphatic rings. The molecule has 0 aliphatic heterocycles. The van der Waals surface area contributed by atoms with Gasteiger partial charge in [0.15, 0.2) is 0 Å². The lowest BCUT2D eigenvalue weighted by molar-refractivity contribution is 0.669. The van der Waals surface area contributed by atoms with Gasteiger partial charge in [0.1, 0.15) is 11.2 Å². The maximum atomic E-state index is 6.23. The zero-order valence-electron chi connectivity index (χ0n) is 20.9. The SMILES string of the molecule is c1ccc2c(c1)nn1cccc(-c3ccc(-n4c5ccccc5c5cc6oc7ccccc7c6cc54)cc3)c21. The molecule has 0 saturated carbocycles. The molecule has 4 aromatic heterocycles. The van der Waals surface area contributed by atoms with Crippen LogP contribution in [0.1, 0.15) is 0 Å². The lowest BCUT2D eigenvalue weighted by atomic mass is 10.0. The van der Waals surface area contributed by atoms with Gasteiger partial charge in [-0.1, -0.05) is 72.8 Å². The zero-order valence-corrected chi connectivity index (χ0v) is 20.9. The Morgan fingerprint density at radius 1 is 0.538 bits per heavy atom. The summed E-state index contributed by atoms with van der Waals surface area (Å²) >= 11 is 0. The summed E-state index contributed by atoms with van der Waals surface area (Å²) in [6, 6.07) is 42.8. The van der Waals surface area contributed by atoms with E-state index in [0.29, 0.717) is 0 Å². The second-order valence-corrected chi connectivity index (χ2v) is 10.1. The molecule has 39 heavy (non-hydrogen) atoms. The fraction of sp³-hybridized carbons (Fsp3) is 0. The first-order valence-corrected chi connectivity index (χ1v) is 13.1. The Kier molecular flexibility index (Phi) is 4.02. The number of aromatic nitrogens is 3. The van der Waals surface area contributed by atoms with Crippen molar-refractivity contribution in [3.8, 4) is 16.8 Å². The molecule has 0 amide bonds. The Morgan fingerprint density at radius 2 is 1.31 bits per heavy atom. The number of fused-ring (bicyclic) bond motifs is 9. The third-order valence-electron chi connectivity index (χ3n) is 7.96. The summed E-state index contributed by atoms with van der Waals surface area (Å²) in [6.07, 6.45) is 2.02. The average Bonchev–Trinajstić information content (AvgIpc) is 3.65. The molecule has 0 bridgehead atoms. The number of furan rings is 1. The van der Waals surface area contributed by atoms with E-state index >= 15 is 0 Å². The lowest BCUT2D eigenvalue weighted by Crippen LogP contribution is -1.94. The van der Waals surface area contributed by atoms with E-state index in [9.17, 15) is 0 Å². The second-order valence-electron chi connectivity index (χ2n) is 10.1. The van der Waals surface area contributed by atoms with Gasteiger partial charge in [0.25, 0.3) is 0 Å². The first-order valence-electron chi connectivity index (χ1n) is 13.1. The Hall–Kier alpha value is -5.35. The van der Waals surface area contributed by atoms with E-state index in [4.69, 9.17) is 9.52 Å². The molecule has 9 aromatic rings. The van der Waals surface area contributed by atoms with Gasteiger partial charge in [-0.25, -0.2) is 4.52 Å². The molecule has 0 aliphatic carbocycles. The predicted molar refractivity (Wildman–Crippen MR) is 160 cm³/mol. The molecular formula is C35H21N3O. The van der Waals surface area contributed by atoms with Crippen molar-refractivity contribution in [1.82, 2.24) is 14.2 Å². The maximum absolute atomic E-state index is 6.23. The van der Waals surface area contributed by atoms with E-state index in [1.54, 1.807) is 0 Å². The minimum atomic E-state index is 0.918. The van der Waals surface area contributed by atoms with E-state index < -0.39 is 0 Å². The van der Waals surface area contributed by atoms with Crippen molar-refractivity contribution in [1.29, 1.82) is 0 Å². The van der Waals surface area contributed by atoms with Crippen molar-refractivity contribution in [2.45, 2.75) is 0 Å². The van der Waals surface area contributed by atoms with Gasteiger partial charge in [0, 0.05) is 44.4 Å². The quantitative estimate of drug-likeness (QED) is 0.238. The lowest BCUT2D eigenvalue weighted by Gasteiger charge is -2.10. The highest BCUT2D eigenvalue weighted by molar-refractivity contribution is 6.17. The van der Waals surface area contributed by atoms with Crippen LogP contribution < -0.4 is 0 Å². The zero-order chi connectivity index (χ0) is 25.5. The second kappa shape index (κ2) is 7.59. The summed E-state index contributed by atoms with van der Waals surface area (Å²) < 4.78 is 10.6. The van der Waals surface area contributed by atoms with E-state index in [2.05, 4.69) is 108 Å². The normalized spacial score (nSPS) is 12.1. The van der Waals surface area contributed by atoms with Crippen molar-refractivity contribution in [2.75, 3.05) is 0 Å². The van der Waals surface area contributed by atoms with Gasteiger partial charge < -0.3 is 8.98 Å². The molecule has 182 valence electrons. The largest absolute Gasteiger partial charge is 0.456 e. The van der Waals surface area contributed by atoms with Crippen LogP contribution in [-0.2, 0) is 0 Å². The summed E-state index contributed by atoms with van der Waals surface area (Å²) in [4.78, 5) is 0. The third kappa shape index (κ3) is 2.85. The van der Waals surface area contributed by atoms with Gasteiger partial charge in [0.2, 0.25) is 0 Å². The van der Waals surface area contributed by atoms with E-state index in [0.717, 1.165) is 44.0 Å². The number of hydrogen-bond acceptors (Lipinski definition) is 2. The third-order valence-corrected chi connectivity index (χ3v) is 7.96. The van der Waals surface area contributed by atoms with Crippen molar-refractivity contribution in [3.63, 3.8) is 0 Å². The number of pyridine rings is 1. The Bertz CT molecular complexity index is 2390. The van der Waals surface area contributed by atoms with Crippen LogP contribution in [0.5, 0.6) is 0 Å². The van der Waals surface area contributed by atoms with Gasteiger partial charge in [-0.05, 0) is 54.1 Å². The summed E-state index contributed by atoms with van der Waals surface area (Å²) in [6.45, 7) is 0. The highest BCUT2D eigenvalue weighted by atomic mass is 16.3. The fourth-order valence-electron chi connectivity index (χ4n) is 6.21. The number of hydrogen-bond donors (Lipinski definition) is 0. The van der Waals surface area contributed by atoms with Crippen molar-refractivity contribution < 1.29 is 4.42 Å². The molecule has 0 fully saturated rings. The van der Waals surface area contributed by atoms with Crippen LogP contribution in [0.3, 0.4) is 0 Å². The molecule has 9 rings (SSSR count). The van der Waals surface area contributed by atoms with Crippen molar-refractivity contribution in [2.24, 2.45) is 0 Å². The highest BCUT2D eigenvalue weighted by Gasteiger charge is 2.17. The van der Waals surface area contributed by atoms with Crippen LogP contribution in [0.4, 0.5) is 0 Å². The fourth-order valence-corrected chi connectivity index (χ4v) is 6.21. The Labute approximate surface area is 222 Å². The molecule has 0 spiro atoms. The first kappa shape index (κ1) is 20.7. The molecule has 0 N–H and O–H groups in total. The number of benzene rings is 5. The van der Waals surface area contributed by atoms with Crippen LogP contribution in [-0.4, -0.2) is 14.2 Å². The molecule has 0 unspecified atom stereocenters. The standard InChI is InChI=1S/C35H21N3O/c1-4-12-30-27(10-1)35-24(11-7-19-37(35)36-30)22-15-17-23(18-16-22)38-31-13-5-2-8-25(31)28-21-34-29(20-32(28)38)26-9-3-6-14-33(26)39-34/h1-21H. The number of nitrogens with zero attached hydrogens (tertiary/aromatic N) is 3. The van der Waals surface area contributed by atoms with Crippen molar-refractivity contribution in [3.05, 3.63) is 128 Å². The molecule has 0 radical (unpaired) electrons. The molecule has 0 atom stereocenters. The summed E-state index contributed by atoms with van der Waals surface area (Å²) in [5.41, 5.74) is 9.79. The van der Waals surface area contributed by atoms with Crippen LogP contribution >= 0.6 is 0 Å². The molecule has 0 saturated heterocycles. The number of para-hydroxylation sites is 2. The smallest absolute Gasteiger partial charge is 0.136 e. The molecule has 4 nitrogen and oxygen atoms in total. The molecule has 5 aromatic carbocycles. The van der Waals surface area contributed by atoms with Crippen LogP contribution in [0.2, 0.25) is 0 Å². The van der Waals surface area contributed by atoms with Gasteiger partial charge in [-0.2, -0.15) is 5.10 Å². The van der Waals surface area contributed by atoms with E-state index in [-0.39, 0.29) is 0 Å². The van der Waals surface area contributed by atoms with E-state index in [1.165, 1.54) is 32.9 Å². The minimum Gasteiger partial charge on any atom is -0.456 e. The average molecular weight is 500 g/mol. The highest BCUT2D eigenvalue weighted by Crippen LogP contribution is 2.38. The predicted octanol–water partition coefficient (Wildman–Crippen LogP) is 9.15. The van der Waals surface area contributed by atoms with Crippen molar-refractivity contribution >= 4 is 60.2 Å². The van der Waals surface area contributed by atoms with Crippen LogP contribution in [0.25, 0.3) is 77.0 Å². The topological polar surface area (TPSA) is 35.4 Å². The molecule has 4 heteroatoms. The molecule has 4 heterocycles. The van der Waals surface area contributed by atoms with Crippen LogP contribution in [0, 0.1) is 0 Å². The monoisotopic (exact) mass is 499 g/mol. The Morgan fingerprint density at radius 3 is 2.21 bits per heavy atom. The van der Waals surface area contributed by atoms with Gasteiger partial charge in [-0.3, -0.25) is 0 Å². The first-order chi connectivity index (χ1) is 19.3. The summed E-state index contributed by atoms with van der Waals surface area (Å²) in [5, 5.41) is 10.6. The van der Waals surface area contributed by atoms with Gasteiger partial charge in [0.05, 0.1) is 22.1 Å².